The molecule has 66 valence electrons. The molecule has 0 N–H and O–H groups in total. The molecule has 0 aromatic heterocycles. The summed E-state index contributed by atoms with van der Waals surface area (Å²) in [5, 5.41) is 1.47. The van der Waals surface area contributed by atoms with E-state index in [-0.39, 0.29) is 0 Å². The molecule has 0 bridgehead atoms. The van der Waals surface area contributed by atoms with Crippen molar-refractivity contribution >= 4 is 45.8 Å². The van der Waals surface area contributed by atoms with Crippen LogP contribution in [0.3, 0.4) is 0 Å². The van der Waals surface area contributed by atoms with Gasteiger partial charge in [0.25, 0.3) is 0 Å². The van der Waals surface area contributed by atoms with Gasteiger partial charge in [-0.25, -0.2) is 0 Å². The van der Waals surface area contributed by atoms with Crippen LogP contribution in [0.2, 0.25) is 10.0 Å². The lowest BCUT2D eigenvalue weighted by Crippen LogP contribution is -1.96. The highest BCUT2D eigenvalue weighted by atomic mass is 127. The minimum absolute atomic E-state index is 0.598. The van der Waals surface area contributed by atoms with Gasteiger partial charge in [-0.1, -0.05) is 58.8 Å². The Balaban J connectivity index is 2.86. The third-order valence-corrected chi connectivity index (χ3v) is 2.54. The molecular formula is C9H9Cl2I. The summed E-state index contributed by atoms with van der Waals surface area (Å²) in [6.45, 7) is 2.16. The zero-order chi connectivity index (χ0) is 9.14. The van der Waals surface area contributed by atoms with Crippen molar-refractivity contribution in [2.45, 2.75) is 17.3 Å². The minimum atomic E-state index is 0.598. The Labute approximate surface area is 96.4 Å². The van der Waals surface area contributed by atoms with E-state index < -0.39 is 0 Å². The average molecular weight is 315 g/mol. The zero-order valence-corrected chi connectivity index (χ0v) is 10.3. The molecule has 0 spiro atoms. The van der Waals surface area contributed by atoms with E-state index in [0.717, 1.165) is 11.4 Å². The molecule has 1 aromatic carbocycles. The standard InChI is InChI=1S/C9H9Cl2I/c1-6(12)4-7-2-3-8(10)5-9(7)11/h2-3,5-6H,4H2,1H3. The number of alkyl halides is 1. The lowest BCUT2D eigenvalue weighted by Gasteiger charge is -2.05. The lowest BCUT2D eigenvalue weighted by atomic mass is 10.1. The summed E-state index contributed by atoms with van der Waals surface area (Å²) in [6.07, 6.45) is 0.997. The monoisotopic (exact) mass is 314 g/mol. The molecule has 0 heterocycles. The summed E-state index contributed by atoms with van der Waals surface area (Å²) >= 11 is 14.1. The van der Waals surface area contributed by atoms with Gasteiger partial charge in [-0.05, 0) is 24.1 Å². The van der Waals surface area contributed by atoms with Gasteiger partial charge in [-0.15, -0.1) is 0 Å². The highest BCUT2D eigenvalue weighted by Gasteiger charge is 2.03. The molecule has 1 aromatic rings. The smallest absolute Gasteiger partial charge is 0.0453 e. The minimum Gasteiger partial charge on any atom is -0.0843 e. The van der Waals surface area contributed by atoms with E-state index in [1.54, 1.807) is 6.07 Å². The van der Waals surface area contributed by atoms with Crippen molar-refractivity contribution in [1.29, 1.82) is 0 Å². The van der Waals surface area contributed by atoms with Crippen LogP contribution in [-0.2, 0) is 6.42 Å². The number of halogens is 3. The van der Waals surface area contributed by atoms with Gasteiger partial charge in [0.15, 0.2) is 0 Å². The first-order valence-electron chi connectivity index (χ1n) is 3.67. The van der Waals surface area contributed by atoms with Gasteiger partial charge in [0.05, 0.1) is 0 Å². The average Bonchev–Trinajstić information content (AvgIpc) is 1.94. The molecule has 0 aliphatic carbocycles. The van der Waals surface area contributed by atoms with Crippen molar-refractivity contribution in [3.05, 3.63) is 33.8 Å². The highest BCUT2D eigenvalue weighted by molar-refractivity contribution is 14.1. The molecule has 0 radical (unpaired) electrons. The maximum absolute atomic E-state index is 5.99. The van der Waals surface area contributed by atoms with Crippen molar-refractivity contribution < 1.29 is 0 Å². The molecule has 1 atom stereocenters. The van der Waals surface area contributed by atoms with Crippen LogP contribution in [0.4, 0.5) is 0 Å². The van der Waals surface area contributed by atoms with Gasteiger partial charge >= 0.3 is 0 Å². The van der Waals surface area contributed by atoms with E-state index in [1.165, 1.54) is 5.56 Å². The largest absolute Gasteiger partial charge is 0.0843 e. The van der Waals surface area contributed by atoms with Crippen molar-refractivity contribution in [3.8, 4) is 0 Å². The number of rotatable bonds is 2. The topological polar surface area (TPSA) is 0 Å². The summed E-state index contributed by atoms with van der Waals surface area (Å²) in [4.78, 5) is 0. The fraction of sp³-hybridized carbons (Fsp3) is 0.333. The third kappa shape index (κ3) is 3.11. The van der Waals surface area contributed by atoms with Gasteiger partial charge in [0.2, 0.25) is 0 Å². The molecule has 1 unspecified atom stereocenters. The SMILES string of the molecule is CC(I)Cc1ccc(Cl)cc1Cl. The summed E-state index contributed by atoms with van der Waals surface area (Å²) in [6, 6.07) is 5.65. The van der Waals surface area contributed by atoms with E-state index in [2.05, 4.69) is 29.5 Å². The Morgan fingerprint density at radius 3 is 2.58 bits per heavy atom. The predicted molar refractivity (Wildman–Crippen MR) is 63.6 cm³/mol. The Morgan fingerprint density at radius 1 is 1.42 bits per heavy atom. The molecule has 1 rings (SSSR count). The first kappa shape index (κ1) is 10.6. The maximum Gasteiger partial charge on any atom is 0.0453 e. The summed E-state index contributed by atoms with van der Waals surface area (Å²) in [5.41, 5.74) is 1.17. The Bertz CT molecular complexity index is 271. The number of benzene rings is 1. The fourth-order valence-electron chi connectivity index (χ4n) is 0.990. The Hall–Kier alpha value is 0.530. The summed E-state index contributed by atoms with van der Waals surface area (Å²) in [7, 11) is 0. The Kier molecular flexibility index (Phi) is 4.14. The third-order valence-electron chi connectivity index (χ3n) is 1.52. The van der Waals surface area contributed by atoms with Crippen LogP contribution in [0, 0.1) is 0 Å². The van der Waals surface area contributed by atoms with Crippen LogP contribution in [0.25, 0.3) is 0 Å². The van der Waals surface area contributed by atoms with E-state index in [1.807, 2.05) is 12.1 Å². The normalized spacial score (nSPS) is 13.0. The van der Waals surface area contributed by atoms with E-state index in [0.29, 0.717) is 8.95 Å². The first-order valence-corrected chi connectivity index (χ1v) is 5.67. The first-order chi connectivity index (χ1) is 5.59. The molecule has 0 amide bonds. The van der Waals surface area contributed by atoms with E-state index in [4.69, 9.17) is 23.2 Å². The van der Waals surface area contributed by atoms with Crippen LogP contribution in [0.1, 0.15) is 12.5 Å². The number of hydrogen-bond donors (Lipinski definition) is 0. The van der Waals surface area contributed by atoms with Crippen LogP contribution < -0.4 is 0 Å². The molecule has 3 heteroatoms. The van der Waals surface area contributed by atoms with Crippen molar-refractivity contribution in [2.75, 3.05) is 0 Å². The van der Waals surface area contributed by atoms with Gasteiger partial charge in [-0.2, -0.15) is 0 Å². The second-order valence-corrected chi connectivity index (χ2v) is 5.69. The molecule has 0 aliphatic rings. The molecule has 0 saturated carbocycles. The van der Waals surface area contributed by atoms with Crippen LogP contribution in [0.5, 0.6) is 0 Å². The van der Waals surface area contributed by atoms with Gasteiger partial charge in [-0.3, -0.25) is 0 Å². The van der Waals surface area contributed by atoms with E-state index in [9.17, 15) is 0 Å². The molecule has 0 fully saturated rings. The summed E-state index contributed by atoms with van der Waals surface area (Å²) in [5.74, 6) is 0. The second kappa shape index (κ2) is 4.68. The molecule has 0 nitrogen and oxygen atoms in total. The highest BCUT2D eigenvalue weighted by Crippen LogP contribution is 2.23. The fourth-order valence-corrected chi connectivity index (χ4v) is 1.95. The van der Waals surface area contributed by atoms with Gasteiger partial charge in [0, 0.05) is 14.0 Å². The molecular weight excluding hydrogens is 306 g/mol. The molecule has 0 saturated heterocycles. The summed E-state index contributed by atoms with van der Waals surface area (Å²) < 4.78 is 0.598. The van der Waals surface area contributed by atoms with Crippen molar-refractivity contribution in [2.24, 2.45) is 0 Å². The van der Waals surface area contributed by atoms with Crippen LogP contribution in [-0.4, -0.2) is 3.92 Å². The lowest BCUT2D eigenvalue weighted by molar-refractivity contribution is 0.977. The Morgan fingerprint density at radius 2 is 2.08 bits per heavy atom. The van der Waals surface area contributed by atoms with Gasteiger partial charge in [0.1, 0.15) is 0 Å². The predicted octanol–water partition coefficient (Wildman–Crippen LogP) is 4.36. The van der Waals surface area contributed by atoms with Crippen LogP contribution in [0.15, 0.2) is 18.2 Å². The molecule has 0 aliphatic heterocycles. The van der Waals surface area contributed by atoms with Crippen molar-refractivity contribution in [3.63, 3.8) is 0 Å². The van der Waals surface area contributed by atoms with Gasteiger partial charge < -0.3 is 0 Å². The molecule has 12 heavy (non-hydrogen) atoms. The quantitative estimate of drug-likeness (QED) is 0.562. The van der Waals surface area contributed by atoms with Crippen molar-refractivity contribution in [1.82, 2.24) is 0 Å². The van der Waals surface area contributed by atoms with Crippen LogP contribution >= 0.6 is 45.8 Å². The zero-order valence-electron chi connectivity index (χ0n) is 6.65. The van der Waals surface area contributed by atoms with E-state index >= 15 is 0 Å². The maximum atomic E-state index is 5.99. The second-order valence-electron chi connectivity index (χ2n) is 2.72. The number of hydrogen-bond acceptors (Lipinski definition) is 0.